The second kappa shape index (κ2) is 8.07. The van der Waals surface area contributed by atoms with Gasteiger partial charge in [0.1, 0.15) is 11.5 Å². The van der Waals surface area contributed by atoms with Gasteiger partial charge in [0.05, 0.1) is 33.0 Å². The van der Waals surface area contributed by atoms with Gasteiger partial charge in [-0.15, -0.1) is 0 Å². The van der Waals surface area contributed by atoms with Crippen LogP contribution in [0.15, 0.2) is 67.1 Å². The molecule has 1 N–H and O–H groups in total. The first-order valence-corrected chi connectivity index (χ1v) is 9.52. The fourth-order valence-electron chi connectivity index (χ4n) is 2.96. The molecule has 0 atom stereocenters. The third-order valence-electron chi connectivity index (χ3n) is 4.32. The first-order valence-electron chi connectivity index (χ1n) is 8.76. The van der Waals surface area contributed by atoms with Crippen molar-refractivity contribution in [2.24, 2.45) is 0 Å². The normalized spacial score (nSPS) is 10.7. The number of anilines is 1. The molecule has 0 aliphatic carbocycles. The number of fused-ring (bicyclic) bond motifs is 1. The maximum Gasteiger partial charge on any atom is 0.258 e. The van der Waals surface area contributed by atoms with Gasteiger partial charge in [0, 0.05) is 23.3 Å². The average Bonchev–Trinajstić information content (AvgIpc) is 2.71. The highest BCUT2D eigenvalue weighted by Gasteiger charge is 2.17. The number of pyridine rings is 2. The number of nitrogens with zero attached hydrogens (tertiary/aromatic N) is 2. The number of hydrogen-bond donors (Lipinski definition) is 1. The van der Waals surface area contributed by atoms with Crippen LogP contribution in [0.1, 0.15) is 15.9 Å². The number of ether oxygens (including phenoxy) is 1. The summed E-state index contributed by atoms with van der Waals surface area (Å²) in [6, 6.07) is 14.0. The Labute approximate surface area is 177 Å². The maximum absolute atomic E-state index is 12.8. The minimum absolute atomic E-state index is 0.215. The zero-order valence-electron chi connectivity index (χ0n) is 15.3. The van der Waals surface area contributed by atoms with E-state index in [2.05, 4.69) is 15.3 Å². The summed E-state index contributed by atoms with van der Waals surface area (Å²) in [7, 11) is 0. The van der Waals surface area contributed by atoms with Crippen LogP contribution in [0.3, 0.4) is 0 Å². The van der Waals surface area contributed by atoms with E-state index in [1.165, 1.54) is 0 Å². The molecule has 0 aliphatic rings. The van der Waals surface area contributed by atoms with Crippen molar-refractivity contribution >= 4 is 45.7 Å². The Bertz CT molecular complexity index is 1190. The monoisotopic (exact) mass is 423 g/mol. The molecule has 0 saturated carbocycles. The van der Waals surface area contributed by atoms with Crippen LogP contribution >= 0.6 is 23.2 Å². The molecular weight excluding hydrogens is 409 g/mol. The zero-order chi connectivity index (χ0) is 20.4. The second-order valence-corrected chi connectivity index (χ2v) is 7.13. The molecule has 0 bridgehead atoms. The Balaban J connectivity index is 1.75. The Morgan fingerprint density at radius 2 is 1.76 bits per heavy atom. The number of para-hydroxylation sites is 1. The first-order chi connectivity index (χ1) is 14.0. The Morgan fingerprint density at radius 1 is 1.00 bits per heavy atom. The number of hydrogen-bond acceptors (Lipinski definition) is 4. The van der Waals surface area contributed by atoms with E-state index in [1.54, 1.807) is 48.9 Å². The van der Waals surface area contributed by atoms with Gasteiger partial charge in [-0.2, -0.15) is 0 Å². The molecule has 2 aromatic carbocycles. The molecule has 0 spiro atoms. The number of aryl methyl sites for hydroxylation is 1. The smallest absolute Gasteiger partial charge is 0.258 e. The van der Waals surface area contributed by atoms with E-state index in [0.717, 1.165) is 10.9 Å². The van der Waals surface area contributed by atoms with Gasteiger partial charge in [-0.1, -0.05) is 35.3 Å². The van der Waals surface area contributed by atoms with Gasteiger partial charge in [0.15, 0.2) is 0 Å². The molecule has 4 rings (SSSR count). The predicted molar refractivity (Wildman–Crippen MR) is 115 cm³/mol. The Hall–Kier alpha value is -3.15. The van der Waals surface area contributed by atoms with Crippen LogP contribution in [-0.4, -0.2) is 15.9 Å². The largest absolute Gasteiger partial charge is 0.455 e. The van der Waals surface area contributed by atoms with Crippen LogP contribution in [0.25, 0.3) is 10.9 Å². The summed E-state index contributed by atoms with van der Waals surface area (Å²) in [6.07, 6.45) is 5.01. The fourth-order valence-corrected chi connectivity index (χ4v) is 3.53. The highest BCUT2D eigenvalue weighted by molar-refractivity contribution is 6.40. The van der Waals surface area contributed by atoms with E-state index in [1.807, 2.05) is 25.1 Å². The minimum atomic E-state index is -0.412. The van der Waals surface area contributed by atoms with E-state index in [4.69, 9.17) is 27.9 Å². The number of halogens is 2. The summed E-state index contributed by atoms with van der Waals surface area (Å²) < 4.78 is 6.05. The third kappa shape index (κ3) is 3.88. The van der Waals surface area contributed by atoms with Gasteiger partial charge in [0.25, 0.3) is 5.91 Å². The molecule has 0 saturated heterocycles. The van der Waals surface area contributed by atoms with Crippen molar-refractivity contribution in [1.82, 2.24) is 9.97 Å². The van der Waals surface area contributed by atoms with Crippen molar-refractivity contribution in [3.63, 3.8) is 0 Å². The van der Waals surface area contributed by atoms with Crippen LogP contribution in [0.5, 0.6) is 11.5 Å². The molecule has 0 aliphatic heterocycles. The molecule has 2 heterocycles. The van der Waals surface area contributed by atoms with Crippen molar-refractivity contribution in [2.45, 2.75) is 6.92 Å². The van der Waals surface area contributed by atoms with Gasteiger partial charge in [-0.25, -0.2) is 0 Å². The summed E-state index contributed by atoms with van der Waals surface area (Å²) in [4.78, 5) is 21.4. The van der Waals surface area contributed by atoms with Gasteiger partial charge in [-0.3, -0.25) is 14.8 Å². The van der Waals surface area contributed by atoms with Gasteiger partial charge < -0.3 is 10.1 Å². The molecule has 0 unspecified atom stereocenters. The molecule has 29 heavy (non-hydrogen) atoms. The molecular formula is C22H15Cl2N3O2. The topological polar surface area (TPSA) is 64.1 Å². The SMILES string of the molecule is Cc1cnc2c(NC(=O)c3c(Cl)cccc3Cl)cccc2c1Oc1cccnc1. The lowest BCUT2D eigenvalue weighted by molar-refractivity contribution is 0.102. The zero-order valence-corrected chi connectivity index (χ0v) is 16.8. The molecule has 0 fully saturated rings. The van der Waals surface area contributed by atoms with Gasteiger partial charge in [0.2, 0.25) is 0 Å². The average molecular weight is 424 g/mol. The standard InChI is InChI=1S/C22H15Cl2N3O2/c1-13-11-26-20-15(21(13)29-14-5-4-10-25-12-14)6-2-9-18(20)27-22(28)19-16(23)7-3-8-17(19)24/h2-12H,1H3,(H,27,28). The number of amides is 1. The lowest BCUT2D eigenvalue weighted by Crippen LogP contribution is -2.13. The third-order valence-corrected chi connectivity index (χ3v) is 4.95. The molecule has 5 nitrogen and oxygen atoms in total. The number of carbonyl (C=O) groups excluding carboxylic acids is 1. The van der Waals surface area contributed by atoms with E-state index in [0.29, 0.717) is 22.7 Å². The molecule has 0 radical (unpaired) electrons. The molecule has 2 aromatic heterocycles. The number of benzene rings is 2. The van der Waals surface area contributed by atoms with Crippen molar-refractivity contribution in [3.05, 3.63) is 88.3 Å². The van der Waals surface area contributed by atoms with E-state index < -0.39 is 5.91 Å². The molecule has 144 valence electrons. The number of aromatic nitrogens is 2. The summed E-state index contributed by atoms with van der Waals surface area (Å²) >= 11 is 12.3. The lowest BCUT2D eigenvalue weighted by atomic mass is 10.1. The van der Waals surface area contributed by atoms with Crippen molar-refractivity contribution < 1.29 is 9.53 Å². The van der Waals surface area contributed by atoms with Crippen LogP contribution in [-0.2, 0) is 0 Å². The van der Waals surface area contributed by atoms with Crippen molar-refractivity contribution in [3.8, 4) is 11.5 Å². The first kappa shape index (κ1) is 19.2. The maximum atomic E-state index is 12.8. The van der Waals surface area contributed by atoms with Crippen LogP contribution in [0, 0.1) is 6.92 Å². The lowest BCUT2D eigenvalue weighted by Gasteiger charge is -2.14. The van der Waals surface area contributed by atoms with E-state index in [-0.39, 0.29) is 15.6 Å². The summed E-state index contributed by atoms with van der Waals surface area (Å²) in [6.45, 7) is 1.91. The van der Waals surface area contributed by atoms with Crippen molar-refractivity contribution in [1.29, 1.82) is 0 Å². The summed E-state index contributed by atoms with van der Waals surface area (Å²) in [5.41, 5.74) is 2.19. The Kier molecular flexibility index (Phi) is 5.34. The Morgan fingerprint density at radius 3 is 2.48 bits per heavy atom. The number of carbonyl (C=O) groups is 1. The molecule has 4 aromatic rings. The highest BCUT2D eigenvalue weighted by atomic mass is 35.5. The molecule has 7 heteroatoms. The number of nitrogens with one attached hydrogen (secondary N) is 1. The highest BCUT2D eigenvalue weighted by Crippen LogP contribution is 2.35. The van der Waals surface area contributed by atoms with Gasteiger partial charge in [-0.05, 0) is 43.3 Å². The minimum Gasteiger partial charge on any atom is -0.455 e. The van der Waals surface area contributed by atoms with E-state index in [9.17, 15) is 4.79 Å². The summed E-state index contributed by atoms with van der Waals surface area (Å²) in [5.74, 6) is 0.848. The fraction of sp³-hybridized carbons (Fsp3) is 0.0455. The van der Waals surface area contributed by atoms with Crippen molar-refractivity contribution in [2.75, 3.05) is 5.32 Å². The van der Waals surface area contributed by atoms with Gasteiger partial charge >= 0.3 is 0 Å². The quantitative estimate of drug-likeness (QED) is 0.418. The predicted octanol–water partition coefficient (Wildman–Crippen LogP) is 6.29. The van der Waals surface area contributed by atoms with E-state index >= 15 is 0 Å². The second-order valence-electron chi connectivity index (χ2n) is 6.31. The molecule has 1 amide bonds. The van der Waals surface area contributed by atoms with Crippen LogP contribution in [0.4, 0.5) is 5.69 Å². The van der Waals surface area contributed by atoms with Crippen LogP contribution < -0.4 is 10.1 Å². The number of rotatable bonds is 4. The summed E-state index contributed by atoms with van der Waals surface area (Å²) in [5, 5.41) is 4.17. The van der Waals surface area contributed by atoms with Crippen LogP contribution in [0.2, 0.25) is 10.0 Å².